The van der Waals surface area contributed by atoms with Crippen molar-refractivity contribution in [2.75, 3.05) is 17.1 Å². The van der Waals surface area contributed by atoms with Crippen LogP contribution in [0.3, 0.4) is 0 Å². The highest BCUT2D eigenvalue weighted by molar-refractivity contribution is 7.92. The summed E-state index contributed by atoms with van der Waals surface area (Å²) in [6.07, 6.45) is 1.20. The quantitative estimate of drug-likeness (QED) is 0.338. The Labute approximate surface area is 237 Å². The van der Waals surface area contributed by atoms with Gasteiger partial charge < -0.3 is 10.2 Å². The van der Waals surface area contributed by atoms with Crippen LogP contribution >= 0.6 is 0 Å². The molecule has 9 heteroatoms. The second kappa shape index (κ2) is 13.6. The zero-order valence-electron chi connectivity index (χ0n) is 23.7. The lowest BCUT2D eigenvalue weighted by Crippen LogP contribution is -2.54. The molecular formula is C31H38FN3O4S. The first kappa shape index (κ1) is 30.8. The Morgan fingerprint density at radius 2 is 1.48 bits per heavy atom. The van der Waals surface area contributed by atoms with Crippen LogP contribution in [-0.2, 0) is 32.6 Å². The number of hydrogen-bond donors (Lipinski definition) is 1. The standard InChI is InChI=1S/C31H38FN3O4S/c1-22(2)25-15-17-27(18-16-25)35(40(5,38)39)21-30(36)34(20-26-13-9-10-14-28(26)32)29(31(37)33-23(3)4)19-24-11-7-6-8-12-24/h6-18,22-23,29H,19-21H2,1-5H3,(H,33,37)/t29-/m1/s1. The first-order chi connectivity index (χ1) is 18.9. The van der Waals surface area contributed by atoms with Gasteiger partial charge in [-0.1, -0.05) is 74.5 Å². The number of halogens is 1. The van der Waals surface area contributed by atoms with Crippen LogP contribution in [0, 0.1) is 5.82 Å². The van der Waals surface area contributed by atoms with Gasteiger partial charge in [-0.05, 0) is 49.1 Å². The molecule has 2 amide bonds. The zero-order valence-corrected chi connectivity index (χ0v) is 24.5. The number of benzene rings is 3. The number of nitrogens with one attached hydrogen (secondary N) is 1. The summed E-state index contributed by atoms with van der Waals surface area (Å²) in [5.41, 5.74) is 2.38. The molecule has 0 spiro atoms. The van der Waals surface area contributed by atoms with E-state index in [2.05, 4.69) is 5.32 Å². The zero-order chi connectivity index (χ0) is 29.4. The molecule has 0 aliphatic carbocycles. The van der Waals surface area contributed by atoms with Gasteiger partial charge in [0, 0.05) is 24.6 Å². The smallest absolute Gasteiger partial charge is 0.244 e. The van der Waals surface area contributed by atoms with Crippen molar-refractivity contribution < 1.29 is 22.4 Å². The SMILES string of the molecule is CC(C)NC(=O)[C@@H](Cc1ccccc1)N(Cc1ccccc1F)C(=O)CN(c1ccc(C(C)C)cc1)S(C)(=O)=O. The highest BCUT2D eigenvalue weighted by atomic mass is 32.2. The fourth-order valence-electron chi connectivity index (χ4n) is 4.38. The van der Waals surface area contributed by atoms with E-state index in [0.29, 0.717) is 5.69 Å². The molecule has 40 heavy (non-hydrogen) atoms. The summed E-state index contributed by atoms with van der Waals surface area (Å²) >= 11 is 0. The summed E-state index contributed by atoms with van der Waals surface area (Å²) in [7, 11) is -3.87. The van der Waals surface area contributed by atoms with Crippen LogP contribution in [0.5, 0.6) is 0 Å². The first-order valence-corrected chi connectivity index (χ1v) is 15.2. The molecule has 0 bridgehead atoms. The maximum absolute atomic E-state index is 14.8. The van der Waals surface area contributed by atoms with Crippen LogP contribution in [0.4, 0.5) is 10.1 Å². The molecule has 0 unspecified atom stereocenters. The molecule has 0 radical (unpaired) electrons. The maximum atomic E-state index is 14.8. The summed E-state index contributed by atoms with van der Waals surface area (Å²) in [6.45, 7) is 6.93. The van der Waals surface area contributed by atoms with Gasteiger partial charge in [-0.3, -0.25) is 13.9 Å². The lowest BCUT2D eigenvalue weighted by Gasteiger charge is -2.34. The molecule has 1 atom stereocenters. The molecule has 0 saturated carbocycles. The Morgan fingerprint density at radius 3 is 2.02 bits per heavy atom. The summed E-state index contributed by atoms with van der Waals surface area (Å²) in [4.78, 5) is 28.8. The Kier molecular flexibility index (Phi) is 10.5. The van der Waals surface area contributed by atoms with E-state index in [0.717, 1.165) is 21.7 Å². The van der Waals surface area contributed by atoms with Crippen LogP contribution < -0.4 is 9.62 Å². The number of amides is 2. The van der Waals surface area contributed by atoms with Gasteiger partial charge in [0.05, 0.1) is 11.9 Å². The Bertz CT molecular complexity index is 1390. The Hall–Kier alpha value is -3.72. The van der Waals surface area contributed by atoms with Crippen LogP contribution in [0.2, 0.25) is 0 Å². The topological polar surface area (TPSA) is 86.8 Å². The minimum atomic E-state index is -3.87. The molecule has 0 heterocycles. The molecule has 7 nitrogen and oxygen atoms in total. The summed E-state index contributed by atoms with van der Waals surface area (Å²) in [5.74, 6) is -1.30. The number of anilines is 1. The first-order valence-electron chi connectivity index (χ1n) is 13.3. The van der Waals surface area contributed by atoms with Crippen molar-refractivity contribution in [2.24, 2.45) is 0 Å². The molecule has 0 aliphatic heterocycles. The lowest BCUT2D eigenvalue weighted by atomic mass is 10.0. The minimum absolute atomic E-state index is 0.168. The number of carbonyl (C=O) groups is 2. The molecule has 0 aromatic heterocycles. The fourth-order valence-corrected chi connectivity index (χ4v) is 5.23. The van der Waals surface area contributed by atoms with E-state index in [9.17, 15) is 22.4 Å². The van der Waals surface area contributed by atoms with E-state index in [4.69, 9.17) is 0 Å². The van der Waals surface area contributed by atoms with Crippen LogP contribution in [0.1, 0.15) is 50.3 Å². The largest absolute Gasteiger partial charge is 0.352 e. The monoisotopic (exact) mass is 567 g/mol. The van der Waals surface area contributed by atoms with Gasteiger partial charge in [0.1, 0.15) is 18.4 Å². The number of nitrogens with zero attached hydrogens (tertiary/aromatic N) is 2. The van der Waals surface area contributed by atoms with E-state index >= 15 is 0 Å². The average molecular weight is 568 g/mol. The highest BCUT2D eigenvalue weighted by Crippen LogP contribution is 2.23. The van der Waals surface area contributed by atoms with Gasteiger partial charge in [0.2, 0.25) is 21.8 Å². The average Bonchev–Trinajstić information content (AvgIpc) is 2.89. The van der Waals surface area contributed by atoms with Crippen LogP contribution in [0.15, 0.2) is 78.9 Å². The predicted molar refractivity (Wildman–Crippen MR) is 157 cm³/mol. The summed E-state index contributed by atoms with van der Waals surface area (Å²) in [5, 5.41) is 2.87. The van der Waals surface area contributed by atoms with Crippen molar-refractivity contribution in [1.82, 2.24) is 10.2 Å². The minimum Gasteiger partial charge on any atom is -0.352 e. The van der Waals surface area contributed by atoms with Crippen molar-refractivity contribution in [3.63, 3.8) is 0 Å². The third kappa shape index (κ3) is 8.39. The predicted octanol–water partition coefficient (Wildman–Crippen LogP) is 4.88. The summed E-state index contributed by atoms with van der Waals surface area (Å²) < 4.78 is 41.6. The number of rotatable bonds is 12. The molecule has 3 aromatic carbocycles. The maximum Gasteiger partial charge on any atom is 0.244 e. The van der Waals surface area contributed by atoms with Crippen molar-refractivity contribution in [2.45, 2.75) is 58.7 Å². The van der Waals surface area contributed by atoms with Crippen molar-refractivity contribution in [1.29, 1.82) is 0 Å². The van der Waals surface area contributed by atoms with Gasteiger partial charge in [-0.25, -0.2) is 12.8 Å². The molecule has 1 N–H and O–H groups in total. The Morgan fingerprint density at radius 1 is 0.875 bits per heavy atom. The second-order valence-corrected chi connectivity index (χ2v) is 12.4. The molecule has 0 aliphatic rings. The second-order valence-electron chi connectivity index (χ2n) is 10.5. The molecule has 0 saturated heterocycles. The number of hydrogen-bond acceptors (Lipinski definition) is 4. The highest BCUT2D eigenvalue weighted by Gasteiger charge is 2.33. The van der Waals surface area contributed by atoms with Gasteiger partial charge >= 0.3 is 0 Å². The summed E-state index contributed by atoms with van der Waals surface area (Å²) in [6, 6.07) is 21.0. The Balaban J connectivity index is 2.05. The third-order valence-electron chi connectivity index (χ3n) is 6.53. The van der Waals surface area contributed by atoms with E-state index in [1.54, 1.807) is 30.3 Å². The van der Waals surface area contributed by atoms with Crippen LogP contribution in [0.25, 0.3) is 0 Å². The molecule has 3 aromatic rings. The van der Waals surface area contributed by atoms with Crippen molar-refractivity contribution in [3.05, 3.63) is 101 Å². The van der Waals surface area contributed by atoms with Gasteiger partial charge in [-0.2, -0.15) is 0 Å². The molecule has 3 rings (SSSR count). The van der Waals surface area contributed by atoms with E-state index in [-0.39, 0.29) is 30.5 Å². The van der Waals surface area contributed by atoms with Crippen LogP contribution in [-0.4, -0.2) is 50.0 Å². The third-order valence-corrected chi connectivity index (χ3v) is 7.67. The van der Waals surface area contributed by atoms with Crippen molar-refractivity contribution in [3.8, 4) is 0 Å². The van der Waals surface area contributed by atoms with Gasteiger partial charge in [0.15, 0.2) is 0 Å². The molecule has 0 fully saturated rings. The van der Waals surface area contributed by atoms with E-state index in [1.165, 1.54) is 11.0 Å². The van der Waals surface area contributed by atoms with Gasteiger partial charge in [0.25, 0.3) is 0 Å². The van der Waals surface area contributed by atoms with E-state index < -0.39 is 40.2 Å². The fraction of sp³-hybridized carbons (Fsp3) is 0.355. The van der Waals surface area contributed by atoms with Gasteiger partial charge in [-0.15, -0.1) is 0 Å². The van der Waals surface area contributed by atoms with Crippen molar-refractivity contribution >= 4 is 27.5 Å². The number of sulfonamides is 1. The lowest BCUT2D eigenvalue weighted by molar-refractivity contribution is -0.140. The molecule has 214 valence electrons. The van der Waals surface area contributed by atoms with E-state index in [1.807, 2.05) is 70.2 Å². The normalized spacial score (nSPS) is 12.3. The number of carbonyl (C=O) groups excluding carboxylic acids is 2. The molecular weight excluding hydrogens is 529 g/mol.